The van der Waals surface area contributed by atoms with E-state index in [0.29, 0.717) is 0 Å². The van der Waals surface area contributed by atoms with Crippen molar-refractivity contribution in [3.63, 3.8) is 0 Å². The topological polar surface area (TPSA) is 54.4 Å². The van der Waals surface area contributed by atoms with Crippen molar-refractivity contribution in [2.75, 3.05) is 0 Å². The van der Waals surface area contributed by atoms with Crippen molar-refractivity contribution in [1.29, 1.82) is 0 Å². The number of carbonyl (C=O) groups excluding carboxylic acids is 2. The molecule has 6 unspecified atom stereocenters. The highest BCUT2D eigenvalue weighted by Gasteiger charge is 2.38. The molecule has 0 aromatic carbocycles. The molecule has 304 valence electrons. The molecule has 0 aromatic rings. The summed E-state index contributed by atoms with van der Waals surface area (Å²) in [4.78, 5) is 26.1. The van der Waals surface area contributed by atoms with Gasteiger partial charge >= 0.3 is 0 Å². The molecule has 0 amide bonds. The normalized spacial score (nSPS) is 24.0. The first-order valence-corrected chi connectivity index (χ1v) is 20.7. The second-order valence-electron chi connectivity index (χ2n) is 17.9. The summed E-state index contributed by atoms with van der Waals surface area (Å²) in [5, 5.41) is 10.8. The number of Topliss-reactive ketones (excluding diaryl/α,β-unsaturated/α-hetero) is 2. The fraction of sp³-hybridized carbons (Fsp3) is 0.472. The number of rotatable bonds is 18. The van der Waals surface area contributed by atoms with Crippen LogP contribution in [0.5, 0.6) is 0 Å². The van der Waals surface area contributed by atoms with Gasteiger partial charge in [-0.2, -0.15) is 0 Å². The summed E-state index contributed by atoms with van der Waals surface area (Å²) < 4.78 is 0. The van der Waals surface area contributed by atoms with Gasteiger partial charge in [-0.15, -0.1) is 13.2 Å². The van der Waals surface area contributed by atoms with Gasteiger partial charge in [0.1, 0.15) is 0 Å². The molecule has 2 rings (SSSR count). The monoisotopic (exact) mass is 759 g/mol. The Balaban J connectivity index is 1.98. The van der Waals surface area contributed by atoms with Crippen molar-refractivity contribution in [3.05, 3.63) is 155 Å². The zero-order chi connectivity index (χ0) is 42.4. The Hall–Kier alpha value is -4.08. The highest BCUT2D eigenvalue weighted by atomic mass is 16.3. The lowest BCUT2D eigenvalue weighted by Crippen LogP contribution is -2.33. The first-order valence-electron chi connectivity index (χ1n) is 20.7. The Morgan fingerprint density at radius 1 is 0.696 bits per heavy atom. The maximum absolute atomic E-state index is 13.5. The van der Waals surface area contributed by atoms with Crippen LogP contribution in [0.4, 0.5) is 0 Å². The van der Waals surface area contributed by atoms with E-state index in [9.17, 15) is 14.7 Å². The molecular formula is C53H74O3. The third-order valence-corrected chi connectivity index (χ3v) is 11.9. The number of aliphatic hydroxyl groups is 1. The summed E-state index contributed by atoms with van der Waals surface area (Å²) in [7, 11) is 0. The fourth-order valence-corrected chi connectivity index (χ4v) is 8.30. The summed E-state index contributed by atoms with van der Waals surface area (Å²) in [6, 6.07) is 0. The van der Waals surface area contributed by atoms with Crippen LogP contribution in [0.25, 0.3) is 0 Å². The summed E-state index contributed by atoms with van der Waals surface area (Å²) in [5.74, 6) is 0.788. The smallest absolute Gasteiger partial charge is 0.161 e. The van der Waals surface area contributed by atoms with Gasteiger partial charge in [-0.05, 0) is 106 Å². The highest BCUT2D eigenvalue weighted by molar-refractivity contribution is 5.99. The molecule has 0 bridgehead atoms. The van der Waals surface area contributed by atoms with Crippen molar-refractivity contribution >= 4 is 11.6 Å². The van der Waals surface area contributed by atoms with Gasteiger partial charge in [0.05, 0.1) is 6.10 Å². The van der Waals surface area contributed by atoms with Gasteiger partial charge in [0.2, 0.25) is 0 Å². The molecule has 0 fully saturated rings. The molecule has 0 heterocycles. The first-order chi connectivity index (χ1) is 26.2. The van der Waals surface area contributed by atoms with Crippen molar-refractivity contribution in [3.8, 4) is 0 Å². The van der Waals surface area contributed by atoms with Crippen LogP contribution < -0.4 is 0 Å². The summed E-state index contributed by atoms with van der Waals surface area (Å²) in [6.07, 6.45) is 35.8. The van der Waals surface area contributed by atoms with E-state index in [-0.39, 0.29) is 52.0 Å². The van der Waals surface area contributed by atoms with Gasteiger partial charge < -0.3 is 5.11 Å². The van der Waals surface area contributed by atoms with Crippen LogP contribution in [0, 0.1) is 40.4 Å². The molecule has 3 heteroatoms. The zero-order valence-corrected chi connectivity index (χ0v) is 37.2. The maximum Gasteiger partial charge on any atom is 0.161 e. The van der Waals surface area contributed by atoms with E-state index >= 15 is 0 Å². The van der Waals surface area contributed by atoms with E-state index in [1.165, 1.54) is 0 Å². The van der Waals surface area contributed by atoms with Crippen molar-refractivity contribution in [1.82, 2.24) is 0 Å². The van der Waals surface area contributed by atoms with Gasteiger partial charge in [0, 0.05) is 23.7 Å². The number of hydrogen-bond acceptors (Lipinski definition) is 3. The molecular weight excluding hydrogens is 685 g/mol. The number of allylic oxidation sites excluding steroid dienone is 22. The Morgan fingerprint density at radius 3 is 1.59 bits per heavy atom. The Labute approximate surface area is 342 Å². The summed E-state index contributed by atoms with van der Waals surface area (Å²) in [6.45, 7) is 35.2. The van der Waals surface area contributed by atoms with Crippen molar-refractivity contribution in [2.24, 2.45) is 40.4 Å². The van der Waals surface area contributed by atoms with Crippen LogP contribution >= 0.6 is 0 Å². The minimum Gasteiger partial charge on any atom is -0.392 e. The number of ketones is 2. The predicted molar refractivity (Wildman–Crippen MR) is 243 cm³/mol. The Bertz CT molecular complexity index is 1780. The maximum atomic E-state index is 13.5. The van der Waals surface area contributed by atoms with Gasteiger partial charge in [0.15, 0.2) is 11.6 Å². The fourth-order valence-electron chi connectivity index (χ4n) is 8.30. The molecule has 0 saturated heterocycles. The van der Waals surface area contributed by atoms with Gasteiger partial charge in [-0.3, -0.25) is 9.59 Å². The highest BCUT2D eigenvalue weighted by Crippen LogP contribution is 2.45. The lowest BCUT2D eigenvalue weighted by atomic mass is 9.66. The van der Waals surface area contributed by atoms with E-state index in [2.05, 4.69) is 161 Å². The molecule has 0 radical (unpaired) electrons. The summed E-state index contributed by atoms with van der Waals surface area (Å²) in [5.41, 5.74) is 8.46. The first kappa shape index (κ1) is 48.1. The van der Waals surface area contributed by atoms with Gasteiger partial charge in [0.25, 0.3) is 0 Å². The standard InChI is InChI=1S/C53H74O3/c1-16-40(7)50(55)46(17-2)41(8)30-31-45-35-53(14,15)48(44(11)51(45)56)33-29-39(6)27-21-25-37(4)23-19-18-22-36(3)24-20-26-38(5)28-32-47-43(10)49(54)42(9)34-52(47,12)13/h16-29,32-33,40-42,45-46,50,55H,1-2,30-31,34-35H2,3-15H3/b19-18+,24-20+,25-21+,32-28+,33-29+,36-22+,37-23+,38-26+,39-27+. The predicted octanol–water partition coefficient (Wildman–Crippen LogP) is 13.8. The van der Waals surface area contributed by atoms with E-state index in [4.69, 9.17) is 0 Å². The van der Waals surface area contributed by atoms with Crippen molar-refractivity contribution < 1.29 is 14.7 Å². The molecule has 0 aromatic heterocycles. The number of aliphatic hydroxyl groups excluding tert-OH is 1. The molecule has 0 spiro atoms. The van der Waals surface area contributed by atoms with E-state index in [0.717, 1.165) is 70.3 Å². The molecule has 1 N–H and O–H groups in total. The van der Waals surface area contributed by atoms with Crippen molar-refractivity contribution in [2.45, 2.75) is 122 Å². The lowest BCUT2D eigenvalue weighted by molar-refractivity contribution is -0.121. The van der Waals surface area contributed by atoms with Gasteiger partial charge in [-0.25, -0.2) is 0 Å². The quantitative estimate of drug-likeness (QED) is 0.112. The molecule has 2 aliphatic carbocycles. The molecule has 6 atom stereocenters. The molecule has 2 aliphatic rings. The molecule has 56 heavy (non-hydrogen) atoms. The SMILES string of the molecule is C=CC(C)C(O)C(C=C)C(C)CCC1CC(C)(C)C(/C=C/C(C)=C/C=C/C(C)=C/C=C/C=C(C)/C=C/C=C(C)/C=C/C2=C(C)C(=O)C(C)CC2(C)C)=C(C)C1=O. The lowest BCUT2D eigenvalue weighted by Gasteiger charge is -2.38. The minimum absolute atomic E-state index is 0.00117. The average Bonchev–Trinajstić information content (AvgIpc) is 3.12. The van der Waals surface area contributed by atoms with Crippen LogP contribution in [-0.4, -0.2) is 22.8 Å². The van der Waals surface area contributed by atoms with Gasteiger partial charge in [-0.1, -0.05) is 168 Å². The van der Waals surface area contributed by atoms with Crippen LogP contribution in [0.3, 0.4) is 0 Å². The van der Waals surface area contributed by atoms with E-state index in [1.54, 1.807) is 6.08 Å². The van der Waals surface area contributed by atoms with Crippen LogP contribution in [0.1, 0.15) is 116 Å². The van der Waals surface area contributed by atoms with Crippen LogP contribution in [0.15, 0.2) is 155 Å². The second-order valence-corrected chi connectivity index (χ2v) is 17.9. The number of hydrogen-bond donors (Lipinski definition) is 1. The molecule has 0 aliphatic heterocycles. The Morgan fingerprint density at radius 2 is 1.12 bits per heavy atom. The average molecular weight is 759 g/mol. The van der Waals surface area contributed by atoms with E-state index < -0.39 is 6.10 Å². The van der Waals surface area contributed by atoms with E-state index in [1.807, 2.05) is 33.8 Å². The third kappa shape index (κ3) is 14.1. The summed E-state index contributed by atoms with van der Waals surface area (Å²) >= 11 is 0. The zero-order valence-electron chi connectivity index (χ0n) is 37.2. The second kappa shape index (κ2) is 22.0. The van der Waals surface area contributed by atoms with Crippen LogP contribution in [-0.2, 0) is 9.59 Å². The largest absolute Gasteiger partial charge is 0.392 e. The Kier molecular flexibility index (Phi) is 18.9. The third-order valence-electron chi connectivity index (χ3n) is 11.9. The minimum atomic E-state index is -0.514. The van der Waals surface area contributed by atoms with Crippen LogP contribution in [0.2, 0.25) is 0 Å². The molecule has 3 nitrogen and oxygen atoms in total. The molecule has 0 saturated carbocycles. The number of carbonyl (C=O) groups is 2.